The Morgan fingerprint density at radius 3 is 2.69 bits per heavy atom. The van der Waals surface area contributed by atoms with Crippen molar-refractivity contribution < 1.29 is 18.7 Å². The molecule has 7 heteroatoms. The van der Waals surface area contributed by atoms with Gasteiger partial charge in [0.25, 0.3) is 5.91 Å². The highest BCUT2D eigenvalue weighted by Crippen LogP contribution is 2.28. The van der Waals surface area contributed by atoms with E-state index in [4.69, 9.17) is 9.47 Å². The number of aromatic nitrogens is 1. The Morgan fingerprint density at radius 1 is 1.23 bits per heavy atom. The fourth-order valence-corrected chi connectivity index (χ4v) is 2.98. The zero-order valence-electron chi connectivity index (χ0n) is 14.2. The third kappa shape index (κ3) is 4.18. The number of benzene rings is 2. The first-order valence-corrected chi connectivity index (χ1v) is 8.77. The molecule has 0 aliphatic rings. The number of nitrogens with one attached hydrogen (secondary N) is 1. The second kappa shape index (κ2) is 7.97. The first-order chi connectivity index (χ1) is 12.6. The number of anilines is 1. The Balaban J connectivity index is 1.66. The Morgan fingerprint density at radius 2 is 2.00 bits per heavy atom. The molecule has 1 amide bonds. The van der Waals surface area contributed by atoms with Gasteiger partial charge in [-0.05, 0) is 37.3 Å². The van der Waals surface area contributed by atoms with E-state index in [2.05, 4.69) is 10.3 Å². The summed E-state index contributed by atoms with van der Waals surface area (Å²) in [5, 5.41) is 4.88. The molecule has 134 valence electrons. The smallest absolute Gasteiger partial charge is 0.266 e. The summed E-state index contributed by atoms with van der Waals surface area (Å²) in [5.41, 5.74) is 1.18. The van der Waals surface area contributed by atoms with Crippen LogP contribution >= 0.6 is 11.3 Å². The van der Waals surface area contributed by atoms with Crippen LogP contribution in [-0.2, 0) is 4.79 Å². The zero-order chi connectivity index (χ0) is 18.5. The van der Waals surface area contributed by atoms with Crippen LogP contribution in [0.3, 0.4) is 0 Å². The predicted octanol–water partition coefficient (Wildman–Crippen LogP) is 4.36. The first-order valence-electron chi connectivity index (χ1n) is 7.89. The van der Waals surface area contributed by atoms with Gasteiger partial charge in [-0.3, -0.25) is 10.1 Å². The predicted molar refractivity (Wildman–Crippen MR) is 99.2 cm³/mol. The number of carbonyl (C=O) groups excluding carboxylic acids is 1. The molecule has 5 nitrogen and oxygen atoms in total. The second-order valence-corrected chi connectivity index (χ2v) is 6.31. The molecule has 0 unspecified atom stereocenters. The summed E-state index contributed by atoms with van der Waals surface area (Å²) < 4.78 is 24.3. The van der Waals surface area contributed by atoms with Crippen LogP contribution < -0.4 is 14.8 Å². The zero-order valence-corrected chi connectivity index (χ0v) is 15.0. The van der Waals surface area contributed by atoms with E-state index < -0.39 is 11.9 Å². The highest BCUT2D eigenvalue weighted by Gasteiger charge is 2.17. The fourth-order valence-electron chi connectivity index (χ4n) is 2.25. The Hall–Kier alpha value is -2.93. The number of hydrogen-bond donors (Lipinski definition) is 1. The maximum atomic E-state index is 13.8. The lowest BCUT2D eigenvalue weighted by atomic mass is 10.1. The highest BCUT2D eigenvalue weighted by molar-refractivity contribution is 7.14. The van der Waals surface area contributed by atoms with E-state index in [-0.39, 0.29) is 11.7 Å². The van der Waals surface area contributed by atoms with Crippen LogP contribution in [0.5, 0.6) is 11.5 Å². The third-order valence-electron chi connectivity index (χ3n) is 3.61. The largest absolute Gasteiger partial charge is 0.494 e. The molecular formula is C19H17FN2O3S. The van der Waals surface area contributed by atoms with Gasteiger partial charge < -0.3 is 9.47 Å². The lowest BCUT2D eigenvalue weighted by molar-refractivity contribution is -0.122. The normalized spacial score (nSPS) is 11.7. The van der Waals surface area contributed by atoms with Crippen molar-refractivity contribution in [2.45, 2.75) is 13.0 Å². The van der Waals surface area contributed by atoms with E-state index in [0.29, 0.717) is 22.1 Å². The number of amides is 1. The summed E-state index contributed by atoms with van der Waals surface area (Å²) in [7, 11) is 1.41. The van der Waals surface area contributed by atoms with Crippen molar-refractivity contribution in [1.82, 2.24) is 4.98 Å². The van der Waals surface area contributed by atoms with E-state index in [0.717, 1.165) is 0 Å². The van der Waals surface area contributed by atoms with Gasteiger partial charge in [0.15, 0.2) is 22.8 Å². The number of methoxy groups -OCH3 is 1. The molecule has 26 heavy (non-hydrogen) atoms. The molecule has 3 rings (SSSR count). The van der Waals surface area contributed by atoms with Crippen LogP contribution in [0.1, 0.15) is 6.92 Å². The lowest BCUT2D eigenvalue weighted by Gasteiger charge is -2.13. The van der Waals surface area contributed by atoms with Crippen molar-refractivity contribution in [1.29, 1.82) is 0 Å². The molecule has 0 bridgehead atoms. The molecule has 0 spiro atoms. The molecule has 2 aromatic carbocycles. The molecule has 0 saturated heterocycles. The van der Waals surface area contributed by atoms with Gasteiger partial charge in [0.2, 0.25) is 0 Å². The number of ether oxygens (including phenoxy) is 2. The van der Waals surface area contributed by atoms with Gasteiger partial charge in [0.05, 0.1) is 12.8 Å². The van der Waals surface area contributed by atoms with E-state index in [9.17, 15) is 9.18 Å². The summed E-state index contributed by atoms with van der Waals surface area (Å²) >= 11 is 1.26. The summed E-state index contributed by atoms with van der Waals surface area (Å²) in [5.74, 6) is 0.0113. The molecule has 1 N–H and O–H groups in total. The van der Waals surface area contributed by atoms with Crippen LogP contribution in [0.25, 0.3) is 11.3 Å². The van der Waals surface area contributed by atoms with E-state index in [1.54, 1.807) is 30.5 Å². The second-order valence-electron chi connectivity index (χ2n) is 5.45. The Labute approximate surface area is 154 Å². The first kappa shape index (κ1) is 17.9. The quantitative estimate of drug-likeness (QED) is 0.698. The van der Waals surface area contributed by atoms with Crippen molar-refractivity contribution in [2.75, 3.05) is 12.4 Å². The minimum Gasteiger partial charge on any atom is -0.494 e. The van der Waals surface area contributed by atoms with Crippen LogP contribution in [0, 0.1) is 5.82 Å². The number of thiazole rings is 1. The number of rotatable bonds is 6. The number of hydrogen-bond acceptors (Lipinski definition) is 5. The van der Waals surface area contributed by atoms with Crippen LogP contribution in [-0.4, -0.2) is 24.1 Å². The van der Waals surface area contributed by atoms with E-state index in [1.807, 2.05) is 18.2 Å². The van der Waals surface area contributed by atoms with Crippen LogP contribution in [0.4, 0.5) is 9.52 Å². The van der Waals surface area contributed by atoms with E-state index in [1.165, 1.54) is 30.6 Å². The molecule has 0 fully saturated rings. The lowest BCUT2D eigenvalue weighted by Crippen LogP contribution is -2.30. The molecule has 1 aromatic heterocycles. The fraction of sp³-hybridized carbons (Fsp3) is 0.158. The Kier molecular flexibility index (Phi) is 5.48. The molecule has 0 saturated carbocycles. The van der Waals surface area contributed by atoms with Gasteiger partial charge in [-0.25, -0.2) is 9.37 Å². The summed E-state index contributed by atoms with van der Waals surface area (Å²) in [6.07, 6.45) is -0.678. The number of nitrogens with zero attached hydrogens (tertiary/aromatic N) is 1. The minimum atomic E-state index is -0.678. The average Bonchev–Trinajstić information content (AvgIpc) is 3.11. The van der Waals surface area contributed by atoms with Crippen molar-refractivity contribution in [3.05, 3.63) is 59.7 Å². The average molecular weight is 372 g/mol. The van der Waals surface area contributed by atoms with Crippen LogP contribution in [0.2, 0.25) is 0 Å². The summed E-state index contributed by atoms with van der Waals surface area (Å²) in [6, 6.07) is 13.7. The molecular weight excluding hydrogens is 355 g/mol. The van der Waals surface area contributed by atoms with Crippen LogP contribution in [0.15, 0.2) is 53.9 Å². The summed E-state index contributed by atoms with van der Waals surface area (Å²) in [4.78, 5) is 16.6. The molecule has 0 aliphatic heterocycles. The topological polar surface area (TPSA) is 60.5 Å². The highest BCUT2D eigenvalue weighted by atomic mass is 32.1. The molecule has 0 radical (unpaired) electrons. The van der Waals surface area contributed by atoms with E-state index >= 15 is 0 Å². The molecule has 3 aromatic rings. The monoisotopic (exact) mass is 372 g/mol. The van der Waals surface area contributed by atoms with Gasteiger partial charge in [-0.1, -0.05) is 18.2 Å². The SMILES string of the molecule is COc1ccc(-c2csc(NC(=O)[C@H](C)Oc3ccccc3)n2)cc1F. The maximum absolute atomic E-state index is 13.8. The summed E-state index contributed by atoms with van der Waals surface area (Å²) in [6.45, 7) is 1.66. The van der Waals surface area contributed by atoms with Gasteiger partial charge in [0, 0.05) is 10.9 Å². The number of halogens is 1. The van der Waals surface area contributed by atoms with Gasteiger partial charge in [0.1, 0.15) is 5.75 Å². The third-order valence-corrected chi connectivity index (χ3v) is 4.36. The Bertz CT molecular complexity index is 899. The van der Waals surface area contributed by atoms with Crippen molar-refractivity contribution in [2.24, 2.45) is 0 Å². The number of para-hydroxylation sites is 1. The van der Waals surface area contributed by atoms with Crippen molar-refractivity contribution >= 4 is 22.4 Å². The molecule has 0 aliphatic carbocycles. The molecule has 1 heterocycles. The molecule has 1 atom stereocenters. The van der Waals surface area contributed by atoms with Gasteiger partial charge >= 0.3 is 0 Å². The van der Waals surface area contributed by atoms with Crippen molar-refractivity contribution in [3.63, 3.8) is 0 Å². The standard InChI is InChI=1S/C19H17FN2O3S/c1-12(25-14-6-4-3-5-7-14)18(23)22-19-21-16(11-26-19)13-8-9-17(24-2)15(20)10-13/h3-12H,1-2H3,(H,21,22,23)/t12-/m0/s1. The maximum Gasteiger partial charge on any atom is 0.266 e. The van der Waals surface area contributed by atoms with Crippen molar-refractivity contribution in [3.8, 4) is 22.8 Å². The van der Waals surface area contributed by atoms with Gasteiger partial charge in [-0.2, -0.15) is 0 Å². The number of carbonyl (C=O) groups is 1. The minimum absolute atomic E-state index is 0.171. The van der Waals surface area contributed by atoms with Gasteiger partial charge in [-0.15, -0.1) is 11.3 Å².